The third kappa shape index (κ3) is 1.61. The molecule has 3 nitrogen and oxygen atoms in total. The molecule has 0 amide bonds. The second kappa shape index (κ2) is 3.87. The smallest absolute Gasteiger partial charge is 0.133 e. The highest BCUT2D eigenvalue weighted by molar-refractivity contribution is 6.00. The highest BCUT2D eigenvalue weighted by Crippen LogP contribution is 2.29. The molecule has 3 heteroatoms. The number of pyridine rings is 2. The Morgan fingerprint density at radius 3 is 2.41 bits per heavy atom. The van der Waals surface area contributed by atoms with E-state index in [2.05, 4.69) is 22.1 Å². The zero-order valence-electron chi connectivity index (χ0n) is 9.17. The lowest BCUT2D eigenvalue weighted by atomic mass is 10.0. The molecular formula is C14H11N3. The summed E-state index contributed by atoms with van der Waals surface area (Å²) in [7, 11) is 0. The highest BCUT2D eigenvalue weighted by Gasteiger charge is 2.07. The quantitative estimate of drug-likeness (QED) is 0.687. The van der Waals surface area contributed by atoms with Crippen LogP contribution in [0.15, 0.2) is 54.9 Å². The molecule has 2 N–H and O–H groups in total. The molecule has 2 aromatic heterocycles. The summed E-state index contributed by atoms with van der Waals surface area (Å²) in [6.07, 6.45) is 3.48. The van der Waals surface area contributed by atoms with Gasteiger partial charge in [0, 0.05) is 12.4 Å². The van der Waals surface area contributed by atoms with Crippen LogP contribution in [0.3, 0.4) is 0 Å². The van der Waals surface area contributed by atoms with Crippen LogP contribution < -0.4 is 5.73 Å². The Morgan fingerprint density at radius 2 is 1.59 bits per heavy atom. The lowest BCUT2D eigenvalue weighted by Crippen LogP contribution is -1.94. The van der Waals surface area contributed by atoms with Crippen molar-refractivity contribution in [2.45, 2.75) is 0 Å². The average molecular weight is 221 g/mol. The fourth-order valence-electron chi connectivity index (χ4n) is 1.98. The molecule has 0 aliphatic rings. The van der Waals surface area contributed by atoms with Crippen molar-refractivity contribution in [2.24, 2.45) is 0 Å². The van der Waals surface area contributed by atoms with E-state index in [4.69, 9.17) is 5.73 Å². The predicted molar refractivity (Wildman–Crippen MR) is 69.4 cm³/mol. The topological polar surface area (TPSA) is 51.8 Å². The van der Waals surface area contributed by atoms with Gasteiger partial charge in [-0.05, 0) is 23.3 Å². The Hall–Kier alpha value is -2.42. The third-order valence-electron chi connectivity index (χ3n) is 2.77. The average Bonchev–Trinajstić information content (AvgIpc) is 2.39. The molecule has 1 aromatic carbocycles. The number of anilines is 1. The summed E-state index contributed by atoms with van der Waals surface area (Å²) in [5.41, 5.74) is 9.01. The molecule has 0 atom stereocenters. The van der Waals surface area contributed by atoms with Crippen LogP contribution >= 0.6 is 0 Å². The molecule has 0 unspecified atom stereocenters. The Bertz CT molecular complexity index is 657. The highest BCUT2D eigenvalue weighted by atomic mass is 14.8. The number of nitrogens with two attached hydrogens (primary N) is 1. The van der Waals surface area contributed by atoms with Crippen LogP contribution in [0.5, 0.6) is 0 Å². The molecule has 2 heterocycles. The standard InChI is InChI=1S/C14H11N3/c15-14-13-11(10-4-2-1-3-5-10)6-8-16-12(13)7-9-17-14/h1-9H,(H2,15,17). The second-order valence-corrected chi connectivity index (χ2v) is 3.81. The summed E-state index contributed by atoms with van der Waals surface area (Å²) in [4.78, 5) is 8.44. The maximum Gasteiger partial charge on any atom is 0.133 e. The maximum atomic E-state index is 5.94. The first-order valence-electron chi connectivity index (χ1n) is 5.41. The Balaban J connectivity index is 2.38. The fraction of sp³-hybridized carbons (Fsp3) is 0. The number of hydrogen-bond acceptors (Lipinski definition) is 3. The fourth-order valence-corrected chi connectivity index (χ4v) is 1.98. The first-order valence-corrected chi connectivity index (χ1v) is 5.41. The number of fused-ring (bicyclic) bond motifs is 1. The minimum Gasteiger partial charge on any atom is -0.383 e. The molecule has 0 saturated heterocycles. The van der Waals surface area contributed by atoms with Gasteiger partial charge >= 0.3 is 0 Å². The van der Waals surface area contributed by atoms with Crippen molar-refractivity contribution in [3.63, 3.8) is 0 Å². The van der Waals surface area contributed by atoms with Crippen molar-refractivity contribution in [1.82, 2.24) is 9.97 Å². The Kier molecular flexibility index (Phi) is 2.22. The van der Waals surface area contributed by atoms with E-state index in [1.807, 2.05) is 30.3 Å². The Labute approximate surface area is 98.9 Å². The summed E-state index contributed by atoms with van der Waals surface area (Å²) < 4.78 is 0. The van der Waals surface area contributed by atoms with Crippen LogP contribution in [0.25, 0.3) is 22.0 Å². The van der Waals surface area contributed by atoms with Gasteiger partial charge in [0.2, 0.25) is 0 Å². The minimum atomic E-state index is 0.523. The molecule has 0 spiro atoms. The molecule has 0 aliphatic heterocycles. The van der Waals surface area contributed by atoms with Crippen molar-refractivity contribution >= 4 is 16.7 Å². The lowest BCUT2D eigenvalue weighted by molar-refractivity contribution is 1.33. The second-order valence-electron chi connectivity index (χ2n) is 3.81. The number of nitrogens with zero attached hydrogens (tertiary/aromatic N) is 2. The zero-order valence-corrected chi connectivity index (χ0v) is 9.17. The number of rotatable bonds is 1. The molecule has 0 radical (unpaired) electrons. The van der Waals surface area contributed by atoms with Gasteiger partial charge in [-0.3, -0.25) is 4.98 Å². The van der Waals surface area contributed by atoms with E-state index in [9.17, 15) is 0 Å². The normalized spacial score (nSPS) is 10.6. The molecule has 3 aromatic rings. The first-order chi connectivity index (χ1) is 8.36. The van der Waals surface area contributed by atoms with Crippen molar-refractivity contribution < 1.29 is 0 Å². The largest absolute Gasteiger partial charge is 0.383 e. The monoisotopic (exact) mass is 221 g/mol. The summed E-state index contributed by atoms with van der Waals surface area (Å²) >= 11 is 0. The summed E-state index contributed by atoms with van der Waals surface area (Å²) in [6, 6.07) is 14.0. The molecule has 0 saturated carbocycles. The molecule has 17 heavy (non-hydrogen) atoms. The van der Waals surface area contributed by atoms with Gasteiger partial charge in [0.25, 0.3) is 0 Å². The van der Waals surface area contributed by atoms with Crippen LogP contribution in [-0.4, -0.2) is 9.97 Å². The van der Waals surface area contributed by atoms with E-state index < -0.39 is 0 Å². The lowest BCUT2D eigenvalue weighted by Gasteiger charge is -2.07. The van der Waals surface area contributed by atoms with Gasteiger partial charge in [-0.15, -0.1) is 0 Å². The van der Waals surface area contributed by atoms with Crippen LogP contribution in [-0.2, 0) is 0 Å². The van der Waals surface area contributed by atoms with Crippen molar-refractivity contribution in [1.29, 1.82) is 0 Å². The zero-order chi connectivity index (χ0) is 11.7. The third-order valence-corrected chi connectivity index (χ3v) is 2.77. The molecule has 0 fully saturated rings. The van der Waals surface area contributed by atoms with Gasteiger partial charge in [0.05, 0.1) is 10.9 Å². The van der Waals surface area contributed by atoms with E-state index in [1.165, 1.54) is 0 Å². The molecule has 0 bridgehead atoms. The SMILES string of the molecule is Nc1nccc2nccc(-c3ccccc3)c12. The van der Waals surface area contributed by atoms with Gasteiger partial charge in [0.1, 0.15) is 5.82 Å². The van der Waals surface area contributed by atoms with E-state index >= 15 is 0 Å². The maximum absolute atomic E-state index is 5.94. The van der Waals surface area contributed by atoms with Gasteiger partial charge in [0.15, 0.2) is 0 Å². The van der Waals surface area contributed by atoms with E-state index in [-0.39, 0.29) is 0 Å². The number of hydrogen-bond donors (Lipinski definition) is 1. The van der Waals surface area contributed by atoms with Crippen LogP contribution in [0.1, 0.15) is 0 Å². The van der Waals surface area contributed by atoms with E-state index in [1.54, 1.807) is 12.4 Å². The van der Waals surface area contributed by atoms with Crippen LogP contribution in [0.4, 0.5) is 5.82 Å². The molecule has 3 rings (SSSR count). The van der Waals surface area contributed by atoms with Gasteiger partial charge < -0.3 is 5.73 Å². The summed E-state index contributed by atoms with van der Waals surface area (Å²) in [5.74, 6) is 0.523. The van der Waals surface area contributed by atoms with E-state index in [0.717, 1.165) is 22.0 Å². The van der Waals surface area contributed by atoms with Gasteiger partial charge in [-0.25, -0.2) is 4.98 Å². The van der Waals surface area contributed by atoms with Crippen molar-refractivity contribution in [2.75, 3.05) is 5.73 Å². The van der Waals surface area contributed by atoms with E-state index in [0.29, 0.717) is 5.82 Å². The van der Waals surface area contributed by atoms with Crippen LogP contribution in [0.2, 0.25) is 0 Å². The van der Waals surface area contributed by atoms with Gasteiger partial charge in [-0.1, -0.05) is 30.3 Å². The Morgan fingerprint density at radius 1 is 0.824 bits per heavy atom. The van der Waals surface area contributed by atoms with Crippen molar-refractivity contribution in [3.8, 4) is 11.1 Å². The number of aromatic nitrogens is 2. The first kappa shape index (κ1) is 9.78. The molecular weight excluding hydrogens is 210 g/mol. The molecule has 82 valence electrons. The van der Waals surface area contributed by atoms with Crippen LogP contribution in [0, 0.1) is 0 Å². The molecule has 0 aliphatic carbocycles. The van der Waals surface area contributed by atoms with Crippen molar-refractivity contribution in [3.05, 3.63) is 54.9 Å². The minimum absolute atomic E-state index is 0.523. The summed E-state index contributed by atoms with van der Waals surface area (Å²) in [6.45, 7) is 0. The summed E-state index contributed by atoms with van der Waals surface area (Å²) in [5, 5.41) is 0.918. The number of benzene rings is 1. The number of nitrogen functional groups attached to an aromatic ring is 1. The van der Waals surface area contributed by atoms with Gasteiger partial charge in [-0.2, -0.15) is 0 Å². The predicted octanol–water partition coefficient (Wildman–Crippen LogP) is 2.88.